The lowest BCUT2D eigenvalue weighted by atomic mass is 10.1. The van der Waals surface area contributed by atoms with Crippen LogP contribution >= 0.6 is 0 Å². The molecule has 0 bridgehead atoms. The van der Waals surface area contributed by atoms with Crippen molar-refractivity contribution in [1.29, 1.82) is 0 Å². The predicted molar refractivity (Wildman–Crippen MR) is 65.7 cm³/mol. The zero-order chi connectivity index (χ0) is 12.6. The van der Waals surface area contributed by atoms with Crippen molar-refractivity contribution in [2.24, 2.45) is 11.5 Å². The topological polar surface area (TPSA) is 78.3 Å². The van der Waals surface area contributed by atoms with Gasteiger partial charge < -0.3 is 16.2 Å². The van der Waals surface area contributed by atoms with Gasteiger partial charge in [0.1, 0.15) is 0 Å². The lowest BCUT2D eigenvalue weighted by Gasteiger charge is -2.00. The number of benzene rings is 1. The summed E-state index contributed by atoms with van der Waals surface area (Å²) in [5.41, 5.74) is 11.2. The monoisotopic (exact) mass is 222 g/mol. The zero-order valence-electron chi connectivity index (χ0n) is 9.86. The van der Waals surface area contributed by atoms with Gasteiger partial charge in [-0.3, -0.25) is 0 Å². The summed E-state index contributed by atoms with van der Waals surface area (Å²) < 4.78 is 4.61. The van der Waals surface area contributed by atoms with Gasteiger partial charge in [0.15, 0.2) is 0 Å². The van der Waals surface area contributed by atoms with Gasteiger partial charge in [-0.05, 0) is 11.3 Å². The molecule has 0 aliphatic carbocycles. The van der Waals surface area contributed by atoms with Crippen LogP contribution in [0.3, 0.4) is 0 Å². The van der Waals surface area contributed by atoms with Crippen LogP contribution in [0.15, 0.2) is 18.2 Å². The molecule has 0 atom stereocenters. The highest BCUT2D eigenvalue weighted by Crippen LogP contribution is 1.90. The molecule has 4 N–H and O–H groups in total. The summed E-state index contributed by atoms with van der Waals surface area (Å²) in [6.07, 6.45) is 2.73. The Morgan fingerprint density at radius 3 is 2.31 bits per heavy atom. The molecule has 0 unspecified atom stereocenters. The minimum absolute atomic E-state index is 0.411. The average Bonchev–Trinajstić information content (AvgIpc) is 2.38. The molecular weight excluding hydrogens is 204 g/mol. The summed E-state index contributed by atoms with van der Waals surface area (Å²) in [6.45, 7) is 4.00. The largest absolute Gasteiger partial charge is 0.465 e. The van der Waals surface area contributed by atoms with Crippen LogP contribution in [0, 0.1) is 0 Å². The Bertz CT molecular complexity index is 453. The van der Waals surface area contributed by atoms with E-state index in [4.69, 9.17) is 11.5 Å². The maximum atomic E-state index is 11.3. The predicted octanol–water partition coefficient (Wildman–Crippen LogP) is -0.107. The molecule has 0 aliphatic rings. The fraction of sp³-hybridized carbons (Fsp3) is 0.250. The Hall–Kier alpha value is -1.97. The Morgan fingerprint density at radius 2 is 1.88 bits per heavy atom. The molecule has 1 aromatic rings. The van der Waals surface area contributed by atoms with Gasteiger partial charge >= 0.3 is 5.97 Å². The van der Waals surface area contributed by atoms with Crippen molar-refractivity contribution in [1.82, 2.24) is 0 Å². The first kappa shape index (κ1) is 14.0. The minimum Gasteiger partial charge on any atom is -0.465 e. The molecule has 1 rings (SSSR count). The van der Waals surface area contributed by atoms with Crippen molar-refractivity contribution >= 4 is 18.4 Å². The zero-order valence-corrected chi connectivity index (χ0v) is 9.86. The van der Waals surface area contributed by atoms with Crippen molar-refractivity contribution < 1.29 is 9.53 Å². The van der Waals surface area contributed by atoms with Crippen molar-refractivity contribution in [3.05, 3.63) is 34.2 Å². The summed E-state index contributed by atoms with van der Waals surface area (Å²) in [6, 6.07) is 5.13. The van der Waals surface area contributed by atoms with Gasteiger partial charge in [0.05, 0.1) is 12.7 Å². The first-order valence-electron chi connectivity index (χ1n) is 5.05. The molecule has 0 amide bonds. The second-order valence-corrected chi connectivity index (χ2v) is 2.63. The van der Waals surface area contributed by atoms with Gasteiger partial charge in [0, 0.05) is 17.6 Å². The van der Waals surface area contributed by atoms with Crippen LogP contribution in [-0.2, 0) is 4.74 Å². The number of hydrogen-bond acceptors (Lipinski definition) is 4. The summed E-state index contributed by atoms with van der Waals surface area (Å²) in [7, 11) is 1.32. The molecule has 0 saturated heterocycles. The first-order valence-corrected chi connectivity index (χ1v) is 5.05. The number of ether oxygens (including phenoxy) is 1. The van der Waals surface area contributed by atoms with Gasteiger partial charge in [-0.15, -0.1) is 0 Å². The van der Waals surface area contributed by atoms with Gasteiger partial charge in [-0.25, -0.2) is 4.79 Å². The molecule has 0 aliphatic heterocycles. The fourth-order valence-electron chi connectivity index (χ4n) is 1.20. The smallest absolute Gasteiger partial charge is 0.338 e. The number of methoxy groups -OCH3 is 1. The lowest BCUT2D eigenvalue weighted by molar-refractivity contribution is 0.0599. The van der Waals surface area contributed by atoms with E-state index >= 15 is 0 Å². The molecule has 0 heterocycles. The van der Waals surface area contributed by atoms with Gasteiger partial charge in [-0.2, -0.15) is 0 Å². The number of esters is 1. The number of rotatable bonds is 1. The highest BCUT2D eigenvalue weighted by molar-refractivity contribution is 5.89. The first-order chi connectivity index (χ1) is 7.74. The van der Waals surface area contributed by atoms with E-state index in [0.29, 0.717) is 16.0 Å². The van der Waals surface area contributed by atoms with E-state index in [0.717, 1.165) is 0 Å². The minimum atomic E-state index is -0.426. The van der Waals surface area contributed by atoms with E-state index in [9.17, 15) is 4.79 Å². The molecule has 1 aromatic carbocycles. The Labute approximate surface area is 95.2 Å². The summed E-state index contributed by atoms with van der Waals surface area (Å²) in [5.74, 6) is -0.426. The van der Waals surface area contributed by atoms with Crippen LogP contribution in [0.25, 0.3) is 12.4 Å². The van der Waals surface area contributed by atoms with Crippen molar-refractivity contribution in [2.75, 3.05) is 7.11 Å². The number of carbonyl (C=O) groups excluding carboxylic acids is 1. The molecule has 0 saturated carbocycles. The third-order valence-electron chi connectivity index (χ3n) is 1.89. The van der Waals surface area contributed by atoms with E-state index in [1.165, 1.54) is 19.5 Å². The fourth-order valence-corrected chi connectivity index (χ4v) is 1.20. The van der Waals surface area contributed by atoms with Gasteiger partial charge in [-0.1, -0.05) is 26.0 Å². The maximum Gasteiger partial charge on any atom is 0.338 e. The molecule has 88 valence electrons. The molecule has 4 nitrogen and oxygen atoms in total. The Balaban J connectivity index is 0.00000106. The third kappa shape index (κ3) is 3.02. The normalized spacial score (nSPS) is 11.7. The lowest BCUT2D eigenvalue weighted by Crippen LogP contribution is -2.33. The van der Waals surface area contributed by atoms with Crippen LogP contribution in [0.2, 0.25) is 0 Å². The second-order valence-electron chi connectivity index (χ2n) is 2.63. The van der Waals surface area contributed by atoms with Crippen LogP contribution in [-0.4, -0.2) is 13.1 Å². The summed E-state index contributed by atoms with van der Waals surface area (Å²) in [5, 5.41) is 1.29. The van der Waals surface area contributed by atoms with Crippen molar-refractivity contribution in [3.63, 3.8) is 0 Å². The van der Waals surface area contributed by atoms with Crippen LogP contribution < -0.4 is 21.9 Å². The Kier molecular flexibility index (Phi) is 6.43. The molecule has 0 spiro atoms. The van der Waals surface area contributed by atoms with E-state index < -0.39 is 5.97 Å². The average molecular weight is 222 g/mol. The molecule has 4 heteroatoms. The van der Waals surface area contributed by atoms with E-state index in [2.05, 4.69) is 4.74 Å². The van der Waals surface area contributed by atoms with Crippen LogP contribution in [0.4, 0.5) is 0 Å². The third-order valence-corrected chi connectivity index (χ3v) is 1.89. The Morgan fingerprint density at radius 1 is 1.25 bits per heavy atom. The SMILES string of the molecule is CC.COC(=O)c1cccc(=C/N)/c1=C\N. The second kappa shape index (κ2) is 7.34. The standard InChI is InChI=1S/C10H12N2O2.C2H6/c1-14-10(13)8-4-2-3-7(5-11)9(8)6-12;1-2/h2-6H,11-12H2,1H3;1-2H3/b7-5-,9-6+;. The number of nitrogens with two attached hydrogens (primary N) is 2. The number of hydrogen-bond donors (Lipinski definition) is 2. The van der Waals surface area contributed by atoms with Crippen LogP contribution in [0.5, 0.6) is 0 Å². The maximum absolute atomic E-state index is 11.3. The van der Waals surface area contributed by atoms with Crippen molar-refractivity contribution in [2.45, 2.75) is 13.8 Å². The highest BCUT2D eigenvalue weighted by atomic mass is 16.5. The van der Waals surface area contributed by atoms with Gasteiger partial charge in [0.2, 0.25) is 0 Å². The molecule has 0 radical (unpaired) electrons. The summed E-state index contributed by atoms with van der Waals surface area (Å²) in [4.78, 5) is 11.3. The van der Waals surface area contributed by atoms with Crippen LogP contribution in [0.1, 0.15) is 24.2 Å². The van der Waals surface area contributed by atoms with Gasteiger partial charge in [0.25, 0.3) is 0 Å². The molecule has 16 heavy (non-hydrogen) atoms. The molecule has 0 fully saturated rings. The molecular formula is C12H18N2O2. The van der Waals surface area contributed by atoms with Crippen molar-refractivity contribution in [3.8, 4) is 0 Å². The summed E-state index contributed by atoms with van der Waals surface area (Å²) >= 11 is 0. The van der Waals surface area contributed by atoms with E-state index in [-0.39, 0.29) is 0 Å². The quantitative estimate of drug-likeness (QED) is 0.650. The van der Waals surface area contributed by atoms with E-state index in [1.54, 1.807) is 18.2 Å². The highest BCUT2D eigenvalue weighted by Gasteiger charge is 2.06. The van der Waals surface area contributed by atoms with E-state index in [1.807, 2.05) is 13.8 Å². The molecule has 0 aromatic heterocycles. The number of carbonyl (C=O) groups is 1.